The third kappa shape index (κ3) is 3.86. The van der Waals surface area contributed by atoms with Crippen LogP contribution in [0.3, 0.4) is 0 Å². The van der Waals surface area contributed by atoms with Crippen molar-refractivity contribution in [3.05, 3.63) is 35.4 Å². The summed E-state index contributed by atoms with van der Waals surface area (Å²) in [6.07, 6.45) is 4.12. The Morgan fingerprint density at radius 3 is 2.29 bits per heavy atom. The molecule has 0 atom stereocenters. The number of likely N-dealkylation sites (tertiary alicyclic amines) is 1. The average Bonchev–Trinajstić information content (AvgIpc) is 2.80. The van der Waals surface area contributed by atoms with Gasteiger partial charge in [-0.25, -0.2) is 0 Å². The van der Waals surface area contributed by atoms with Crippen molar-refractivity contribution in [3.63, 3.8) is 0 Å². The molecule has 0 aliphatic carbocycles. The van der Waals surface area contributed by atoms with E-state index in [1.165, 1.54) is 31.5 Å². The van der Waals surface area contributed by atoms with Crippen molar-refractivity contribution >= 4 is 5.91 Å². The van der Waals surface area contributed by atoms with Crippen LogP contribution in [0.2, 0.25) is 0 Å². The van der Waals surface area contributed by atoms with Gasteiger partial charge in [-0.3, -0.25) is 4.79 Å². The second kappa shape index (κ2) is 5.82. The number of hydrogen-bond donors (Lipinski definition) is 1. The largest absolute Gasteiger partial charge is 0.369 e. The maximum atomic E-state index is 10.8. The molecule has 92 valence electrons. The number of hydrogen-bond acceptors (Lipinski definition) is 2. The third-order valence-corrected chi connectivity index (χ3v) is 3.32. The Morgan fingerprint density at radius 1 is 1.12 bits per heavy atom. The van der Waals surface area contributed by atoms with Crippen LogP contribution in [0.5, 0.6) is 0 Å². The van der Waals surface area contributed by atoms with Gasteiger partial charge in [0.1, 0.15) is 0 Å². The van der Waals surface area contributed by atoms with Gasteiger partial charge in [0.05, 0.1) is 6.42 Å². The number of rotatable bonds is 5. The quantitative estimate of drug-likeness (QED) is 0.833. The Morgan fingerprint density at radius 2 is 1.71 bits per heavy atom. The fourth-order valence-corrected chi connectivity index (χ4v) is 2.32. The van der Waals surface area contributed by atoms with Gasteiger partial charge in [0.15, 0.2) is 0 Å². The molecule has 1 aliphatic rings. The van der Waals surface area contributed by atoms with Gasteiger partial charge in [0.25, 0.3) is 0 Å². The first-order valence-corrected chi connectivity index (χ1v) is 6.32. The molecule has 0 spiro atoms. The molecule has 1 fully saturated rings. The van der Waals surface area contributed by atoms with Crippen molar-refractivity contribution < 1.29 is 4.79 Å². The lowest BCUT2D eigenvalue weighted by Gasteiger charge is -2.14. The molecule has 0 saturated carbocycles. The van der Waals surface area contributed by atoms with Gasteiger partial charge < -0.3 is 10.6 Å². The lowest BCUT2D eigenvalue weighted by molar-refractivity contribution is -0.117. The lowest BCUT2D eigenvalue weighted by atomic mass is 10.1. The van der Waals surface area contributed by atoms with Gasteiger partial charge in [-0.15, -0.1) is 0 Å². The molecule has 0 radical (unpaired) electrons. The van der Waals surface area contributed by atoms with E-state index in [4.69, 9.17) is 5.73 Å². The van der Waals surface area contributed by atoms with Crippen molar-refractivity contribution in [3.8, 4) is 0 Å². The zero-order valence-corrected chi connectivity index (χ0v) is 10.2. The standard InChI is InChI=1S/C14H20N2O/c15-14(17)11-13-5-3-12(4-6-13)7-10-16-8-1-2-9-16/h3-6H,1-2,7-11H2,(H2,15,17). The minimum atomic E-state index is -0.269. The van der Waals surface area contributed by atoms with Crippen LogP contribution in [0, 0.1) is 0 Å². The summed E-state index contributed by atoms with van der Waals surface area (Å²) in [5.74, 6) is -0.269. The Balaban J connectivity index is 1.82. The fourth-order valence-electron chi connectivity index (χ4n) is 2.32. The van der Waals surface area contributed by atoms with Gasteiger partial charge in [-0.2, -0.15) is 0 Å². The first-order chi connectivity index (χ1) is 8.24. The Hall–Kier alpha value is -1.35. The molecular weight excluding hydrogens is 212 g/mol. The highest BCUT2D eigenvalue weighted by Crippen LogP contribution is 2.10. The summed E-state index contributed by atoms with van der Waals surface area (Å²) >= 11 is 0. The molecule has 0 bridgehead atoms. The molecule has 3 heteroatoms. The van der Waals surface area contributed by atoms with Crippen molar-refractivity contribution in [2.24, 2.45) is 5.73 Å². The number of benzene rings is 1. The number of primary amides is 1. The summed E-state index contributed by atoms with van der Waals surface area (Å²) in [5.41, 5.74) is 7.50. The van der Waals surface area contributed by atoms with Gasteiger partial charge >= 0.3 is 0 Å². The highest BCUT2D eigenvalue weighted by molar-refractivity contribution is 5.76. The Bertz CT molecular complexity index is 366. The van der Waals surface area contributed by atoms with Gasteiger partial charge in [-0.05, 0) is 43.5 Å². The highest BCUT2D eigenvalue weighted by atomic mass is 16.1. The van der Waals surface area contributed by atoms with Crippen LogP contribution in [-0.4, -0.2) is 30.4 Å². The number of nitrogens with two attached hydrogens (primary N) is 1. The van der Waals surface area contributed by atoms with Gasteiger partial charge in [0, 0.05) is 6.54 Å². The summed E-state index contributed by atoms with van der Waals surface area (Å²) < 4.78 is 0. The van der Waals surface area contributed by atoms with Crippen LogP contribution in [-0.2, 0) is 17.6 Å². The Labute approximate surface area is 103 Å². The topological polar surface area (TPSA) is 46.3 Å². The van der Waals surface area contributed by atoms with Crippen molar-refractivity contribution in [1.29, 1.82) is 0 Å². The van der Waals surface area contributed by atoms with Crippen molar-refractivity contribution in [2.45, 2.75) is 25.7 Å². The van der Waals surface area contributed by atoms with Crippen molar-refractivity contribution in [2.75, 3.05) is 19.6 Å². The van der Waals surface area contributed by atoms with E-state index in [0.29, 0.717) is 6.42 Å². The molecule has 1 amide bonds. The molecule has 0 aromatic heterocycles. The molecule has 1 heterocycles. The molecule has 1 aromatic carbocycles. The zero-order valence-electron chi connectivity index (χ0n) is 10.2. The smallest absolute Gasteiger partial charge is 0.221 e. The Kier molecular flexibility index (Phi) is 4.15. The summed E-state index contributed by atoms with van der Waals surface area (Å²) in [6.45, 7) is 3.65. The van der Waals surface area contributed by atoms with Crippen LogP contribution in [0.25, 0.3) is 0 Å². The lowest BCUT2D eigenvalue weighted by Crippen LogP contribution is -2.21. The maximum Gasteiger partial charge on any atom is 0.221 e. The molecule has 2 N–H and O–H groups in total. The molecule has 1 aromatic rings. The van der Waals surface area contributed by atoms with Crippen LogP contribution in [0.15, 0.2) is 24.3 Å². The first kappa shape index (κ1) is 12.1. The van der Waals surface area contributed by atoms with E-state index < -0.39 is 0 Å². The predicted octanol–water partition coefficient (Wildman–Crippen LogP) is 1.35. The average molecular weight is 232 g/mol. The third-order valence-electron chi connectivity index (χ3n) is 3.32. The molecule has 17 heavy (non-hydrogen) atoms. The first-order valence-electron chi connectivity index (χ1n) is 6.32. The summed E-state index contributed by atoms with van der Waals surface area (Å²) in [6, 6.07) is 8.22. The molecule has 2 rings (SSSR count). The van der Waals surface area contributed by atoms with Gasteiger partial charge in [-0.1, -0.05) is 24.3 Å². The zero-order chi connectivity index (χ0) is 12.1. The molecule has 3 nitrogen and oxygen atoms in total. The van der Waals surface area contributed by atoms with E-state index in [2.05, 4.69) is 17.0 Å². The van der Waals surface area contributed by atoms with E-state index in [-0.39, 0.29) is 5.91 Å². The monoisotopic (exact) mass is 232 g/mol. The summed E-state index contributed by atoms with van der Waals surface area (Å²) in [5, 5.41) is 0. The highest BCUT2D eigenvalue weighted by Gasteiger charge is 2.10. The number of carbonyl (C=O) groups excluding carboxylic acids is 1. The maximum absolute atomic E-state index is 10.8. The number of carbonyl (C=O) groups is 1. The molecular formula is C14H20N2O. The van der Waals surface area contributed by atoms with Crippen LogP contribution in [0.4, 0.5) is 0 Å². The van der Waals surface area contributed by atoms with Crippen LogP contribution < -0.4 is 5.73 Å². The van der Waals surface area contributed by atoms with Gasteiger partial charge in [0.2, 0.25) is 5.91 Å². The van der Waals surface area contributed by atoms with E-state index in [9.17, 15) is 4.79 Å². The summed E-state index contributed by atoms with van der Waals surface area (Å²) in [4.78, 5) is 13.3. The second-order valence-electron chi connectivity index (χ2n) is 4.76. The predicted molar refractivity (Wildman–Crippen MR) is 68.7 cm³/mol. The van der Waals surface area contributed by atoms with Crippen molar-refractivity contribution in [1.82, 2.24) is 4.90 Å². The normalized spacial score (nSPS) is 16.2. The van der Waals surface area contributed by atoms with Crippen LogP contribution in [0.1, 0.15) is 24.0 Å². The fraction of sp³-hybridized carbons (Fsp3) is 0.500. The number of nitrogens with zero attached hydrogens (tertiary/aromatic N) is 1. The van der Waals surface area contributed by atoms with E-state index >= 15 is 0 Å². The molecule has 0 unspecified atom stereocenters. The van der Waals surface area contributed by atoms with E-state index in [1.54, 1.807) is 0 Å². The second-order valence-corrected chi connectivity index (χ2v) is 4.76. The SMILES string of the molecule is NC(=O)Cc1ccc(CCN2CCCC2)cc1. The number of amides is 1. The summed E-state index contributed by atoms with van der Waals surface area (Å²) in [7, 11) is 0. The minimum absolute atomic E-state index is 0.269. The molecule has 1 aliphatic heterocycles. The van der Waals surface area contributed by atoms with E-state index in [0.717, 1.165) is 18.5 Å². The van der Waals surface area contributed by atoms with E-state index in [1.807, 2.05) is 12.1 Å². The molecule has 1 saturated heterocycles. The van der Waals surface area contributed by atoms with Crippen LogP contribution >= 0.6 is 0 Å². The minimum Gasteiger partial charge on any atom is -0.369 e.